The Kier molecular flexibility index (Phi) is 6.32. The lowest BCUT2D eigenvalue weighted by atomic mass is 9.72. The molecule has 3 N–H and O–H groups in total. The van der Waals surface area contributed by atoms with Crippen LogP contribution in [-0.2, 0) is 4.79 Å². The lowest BCUT2D eigenvalue weighted by molar-refractivity contribution is -0.116. The molecule has 0 bridgehead atoms. The molecule has 2 aliphatic rings. The van der Waals surface area contributed by atoms with E-state index in [1.165, 1.54) is 21.3 Å². The number of carbonyl (C=O) groups is 1. The van der Waals surface area contributed by atoms with Crippen molar-refractivity contribution >= 4 is 11.6 Å². The summed E-state index contributed by atoms with van der Waals surface area (Å²) in [5.74, 6) is 2.35. The molecule has 1 aliphatic heterocycles. The fourth-order valence-corrected chi connectivity index (χ4v) is 5.36. The molecule has 0 spiro atoms. The lowest BCUT2D eigenvalue weighted by Crippen LogP contribution is -2.31. The van der Waals surface area contributed by atoms with Crippen molar-refractivity contribution in [2.75, 3.05) is 40.9 Å². The van der Waals surface area contributed by atoms with Crippen LogP contribution < -0.4 is 34.6 Å². The van der Waals surface area contributed by atoms with E-state index in [1.807, 2.05) is 18.2 Å². The Morgan fingerprint density at radius 3 is 2.00 bits per heavy atom. The number of carbonyl (C=O) groups excluding carboxylic acids is 1. The zero-order valence-electron chi connectivity index (χ0n) is 21.3. The second kappa shape index (κ2) is 9.61. The fourth-order valence-electron chi connectivity index (χ4n) is 5.36. The van der Waals surface area contributed by atoms with Gasteiger partial charge in [-0.2, -0.15) is 0 Å². The van der Waals surface area contributed by atoms with Gasteiger partial charge < -0.3 is 29.0 Å². The molecule has 1 aliphatic carbocycles. The molecule has 194 valence electrons. The van der Waals surface area contributed by atoms with Crippen LogP contribution in [0, 0.1) is 0 Å². The van der Waals surface area contributed by atoms with Gasteiger partial charge in [0, 0.05) is 23.6 Å². The standard InChI is InChI=1S/C27H29N3O7/c1-33-18-7-6-13(10-19(18)34-2)14-8-16-23(17(31)9-14)22(24-26(28-16)29-30-27(24)32)15-11-20(35-3)25(37-5)21(12-15)36-4/h6-7,10-12,14,22H,8-9H2,1-5H3,(H3,28,29,30,32)/t14-,22+/m0/s1. The van der Waals surface area contributed by atoms with E-state index in [9.17, 15) is 9.59 Å². The van der Waals surface area contributed by atoms with Crippen LogP contribution in [0.15, 0.2) is 46.4 Å². The van der Waals surface area contributed by atoms with Gasteiger partial charge in [0.25, 0.3) is 5.56 Å². The largest absolute Gasteiger partial charge is 0.493 e. The summed E-state index contributed by atoms with van der Waals surface area (Å²) in [6.45, 7) is 0. The number of hydrogen-bond donors (Lipinski definition) is 3. The molecule has 0 saturated carbocycles. The van der Waals surface area contributed by atoms with Crippen LogP contribution >= 0.6 is 0 Å². The number of aromatic nitrogens is 2. The molecule has 1 aromatic heterocycles. The van der Waals surface area contributed by atoms with Crippen LogP contribution in [-0.4, -0.2) is 51.5 Å². The van der Waals surface area contributed by atoms with Crippen molar-refractivity contribution in [3.63, 3.8) is 0 Å². The minimum atomic E-state index is -0.617. The number of H-pyrrole nitrogens is 2. The summed E-state index contributed by atoms with van der Waals surface area (Å²) in [5.41, 5.74) is 3.11. The first-order chi connectivity index (χ1) is 17.9. The predicted octanol–water partition coefficient (Wildman–Crippen LogP) is 3.70. The van der Waals surface area contributed by atoms with Crippen molar-refractivity contribution in [1.29, 1.82) is 0 Å². The molecular weight excluding hydrogens is 478 g/mol. The van der Waals surface area contributed by atoms with Gasteiger partial charge in [0.2, 0.25) is 5.75 Å². The van der Waals surface area contributed by atoms with Gasteiger partial charge >= 0.3 is 0 Å². The molecule has 0 amide bonds. The third-order valence-corrected chi connectivity index (χ3v) is 7.08. The Morgan fingerprint density at radius 1 is 0.730 bits per heavy atom. The number of ketones is 1. The molecular formula is C27H29N3O7. The van der Waals surface area contributed by atoms with Crippen LogP contribution in [0.1, 0.15) is 41.4 Å². The van der Waals surface area contributed by atoms with Crippen LogP contribution in [0.25, 0.3) is 0 Å². The van der Waals surface area contributed by atoms with E-state index in [1.54, 1.807) is 26.4 Å². The number of methoxy groups -OCH3 is 5. The minimum absolute atomic E-state index is 0.0430. The van der Waals surface area contributed by atoms with Gasteiger partial charge in [-0.05, 0) is 47.7 Å². The van der Waals surface area contributed by atoms with Crippen molar-refractivity contribution in [3.05, 3.63) is 68.6 Å². The number of fused-ring (bicyclic) bond motifs is 1. The number of Topliss-reactive ketones (excluding diaryl/α,β-unsaturated/α-hetero) is 1. The van der Waals surface area contributed by atoms with Crippen molar-refractivity contribution in [2.24, 2.45) is 0 Å². The smallest absolute Gasteiger partial charge is 0.270 e. The summed E-state index contributed by atoms with van der Waals surface area (Å²) in [4.78, 5) is 26.7. The summed E-state index contributed by atoms with van der Waals surface area (Å²) >= 11 is 0. The Balaban J connectivity index is 1.63. The Labute approximate surface area is 213 Å². The summed E-state index contributed by atoms with van der Waals surface area (Å²) in [6, 6.07) is 9.27. The highest BCUT2D eigenvalue weighted by atomic mass is 16.5. The average Bonchev–Trinajstić information content (AvgIpc) is 3.30. The summed E-state index contributed by atoms with van der Waals surface area (Å²) < 4.78 is 27.4. The van der Waals surface area contributed by atoms with E-state index in [4.69, 9.17) is 23.7 Å². The normalized spacial score (nSPS) is 18.5. The van der Waals surface area contributed by atoms with Gasteiger partial charge in [0.05, 0.1) is 41.1 Å². The monoisotopic (exact) mass is 507 g/mol. The average molecular weight is 508 g/mol. The number of benzene rings is 2. The highest BCUT2D eigenvalue weighted by Crippen LogP contribution is 2.49. The van der Waals surface area contributed by atoms with E-state index >= 15 is 0 Å². The zero-order valence-corrected chi connectivity index (χ0v) is 21.3. The quantitative estimate of drug-likeness (QED) is 0.442. The van der Waals surface area contributed by atoms with Gasteiger partial charge in [-0.1, -0.05) is 6.07 Å². The Morgan fingerprint density at radius 2 is 1.38 bits per heavy atom. The summed E-state index contributed by atoms with van der Waals surface area (Å²) in [5, 5.41) is 8.89. The van der Waals surface area contributed by atoms with Gasteiger partial charge in [-0.25, -0.2) is 0 Å². The lowest BCUT2D eigenvalue weighted by Gasteiger charge is -2.35. The minimum Gasteiger partial charge on any atom is -0.493 e. The SMILES string of the molecule is COc1ccc([C@@H]2CC(=O)C3=C(C2)Nc2[nH][nH]c(=O)c2[C@@H]3c2cc(OC)c(OC)c(OC)c2)cc1OC. The number of rotatable bonds is 7. The first-order valence-electron chi connectivity index (χ1n) is 11.8. The molecule has 2 atom stereocenters. The van der Waals surface area contributed by atoms with Gasteiger partial charge in [0.1, 0.15) is 5.82 Å². The number of nitrogens with one attached hydrogen (secondary N) is 3. The van der Waals surface area contributed by atoms with E-state index < -0.39 is 5.92 Å². The van der Waals surface area contributed by atoms with Crippen LogP contribution in [0.4, 0.5) is 5.82 Å². The highest BCUT2D eigenvalue weighted by Gasteiger charge is 2.41. The number of hydrogen-bond acceptors (Lipinski definition) is 8. The van der Waals surface area contributed by atoms with Gasteiger partial charge in [-0.15, -0.1) is 0 Å². The van der Waals surface area contributed by atoms with E-state index in [2.05, 4.69) is 15.5 Å². The number of allylic oxidation sites excluding steroid dienone is 2. The maximum atomic E-state index is 13.8. The second-order valence-corrected chi connectivity index (χ2v) is 8.92. The van der Waals surface area contributed by atoms with E-state index in [0.717, 1.165) is 11.3 Å². The highest BCUT2D eigenvalue weighted by molar-refractivity contribution is 6.01. The third-order valence-electron chi connectivity index (χ3n) is 7.08. The molecule has 10 heteroatoms. The first kappa shape index (κ1) is 24.4. The van der Waals surface area contributed by atoms with Crippen molar-refractivity contribution in [3.8, 4) is 28.7 Å². The topological polar surface area (TPSA) is 124 Å². The molecule has 2 aromatic carbocycles. The van der Waals surface area contributed by atoms with Crippen molar-refractivity contribution < 1.29 is 28.5 Å². The fraction of sp³-hybridized carbons (Fsp3) is 0.333. The Bertz CT molecular complexity index is 1430. The molecule has 0 saturated heterocycles. The van der Waals surface area contributed by atoms with Gasteiger partial charge in [0.15, 0.2) is 28.8 Å². The summed E-state index contributed by atoms with van der Waals surface area (Å²) in [7, 11) is 7.76. The maximum absolute atomic E-state index is 13.8. The zero-order chi connectivity index (χ0) is 26.3. The van der Waals surface area contributed by atoms with Crippen molar-refractivity contribution in [2.45, 2.75) is 24.7 Å². The molecule has 3 aromatic rings. The van der Waals surface area contributed by atoms with Crippen LogP contribution in [0.3, 0.4) is 0 Å². The number of ether oxygens (including phenoxy) is 5. The number of aromatic amines is 2. The molecule has 0 radical (unpaired) electrons. The van der Waals surface area contributed by atoms with Crippen molar-refractivity contribution in [1.82, 2.24) is 10.2 Å². The van der Waals surface area contributed by atoms with Crippen LogP contribution in [0.5, 0.6) is 28.7 Å². The van der Waals surface area contributed by atoms with Crippen LogP contribution in [0.2, 0.25) is 0 Å². The van der Waals surface area contributed by atoms with E-state index in [0.29, 0.717) is 57.7 Å². The molecule has 10 nitrogen and oxygen atoms in total. The van der Waals surface area contributed by atoms with Gasteiger partial charge in [-0.3, -0.25) is 19.8 Å². The molecule has 0 unspecified atom stereocenters. The molecule has 37 heavy (non-hydrogen) atoms. The molecule has 0 fully saturated rings. The second-order valence-electron chi connectivity index (χ2n) is 8.92. The predicted molar refractivity (Wildman–Crippen MR) is 137 cm³/mol. The summed E-state index contributed by atoms with van der Waals surface area (Å²) in [6.07, 6.45) is 0.860. The first-order valence-corrected chi connectivity index (χ1v) is 11.8. The maximum Gasteiger partial charge on any atom is 0.270 e. The molecule has 5 rings (SSSR count). The van der Waals surface area contributed by atoms with E-state index in [-0.39, 0.29) is 23.7 Å². The number of anilines is 1. The Hall–Kier alpha value is -4.34. The molecule has 2 heterocycles. The third kappa shape index (κ3) is 3.98.